The molecule has 5 heteroatoms. The lowest BCUT2D eigenvalue weighted by Gasteiger charge is -2.23. The van der Waals surface area contributed by atoms with E-state index in [9.17, 15) is 0 Å². The molecule has 0 radical (unpaired) electrons. The Hall–Kier alpha value is -1.72. The minimum absolute atomic E-state index is 0.230. The van der Waals surface area contributed by atoms with Gasteiger partial charge < -0.3 is 15.2 Å². The number of benzene rings is 1. The van der Waals surface area contributed by atoms with Gasteiger partial charge in [0.15, 0.2) is 0 Å². The van der Waals surface area contributed by atoms with Crippen molar-refractivity contribution in [2.24, 2.45) is 5.73 Å². The van der Waals surface area contributed by atoms with Gasteiger partial charge >= 0.3 is 0 Å². The Morgan fingerprint density at radius 3 is 2.71 bits per heavy atom. The summed E-state index contributed by atoms with van der Waals surface area (Å²) in [5.41, 5.74) is 7.07. The van der Waals surface area contributed by atoms with Gasteiger partial charge in [0.05, 0.1) is 23.3 Å². The van der Waals surface area contributed by atoms with Gasteiger partial charge in [-0.25, -0.2) is 0 Å². The van der Waals surface area contributed by atoms with Gasteiger partial charge in [0.25, 0.3) is 0 Å². The molecule has 4 nitrogen and oxygen atoms in total. The number of rotatable bonds is 6. The minimum atomic E-state index is -0.230. The van der Waals surface area contributed by atoms with Crippen LogP contribution in [0.2, 0.25) is 0 Å². The molecule has 0 atom stereocenters. The van der Waals surface area contributed by atoms with Gasteiger partial charge in [0, 0.05) is 25.1 Å². The zero-order valence-corrected chi connectivity index (χ0v) is 13.4. The van der Waals surface area contributed by atoms with Crippen molar-refractivity contribution in [3.05, 3.63) is 36.0 Å². The molecule has 0 fully saturated rings. The number of methoxy groups -OCH3 is 1. The molecule has 0 amide bonds. The zero-order chi connectivity index (χ0) is 15.5. The molecule has 1 aromatic carbocycles. The van der Waals surface area contributed by atoms with E-state index >= 15 is 0 Å². The molecule has 21 heavy (non-hydrogen) atoms. The van der Waals surface area contributed by atoms with Crippen LogP contribution in [0.5, 0.6) is 5.75 Å². The van der Waals surface area contributed by atoms with Crippen molar-refractivity contribution in [3.63, 3.8) is 0 Å². The molecule has 0 saturated heterocycles. The summed E-state index contributed by atoms with van der Waals surface area (Å²) < 4.78 is 11.4. The maximum Gasteiger partial charge on any atom is 0.140 e. The molecule has 0 saturated carbocycles. The Labute approximate surface area is 130 Å². The molecule has 2 N–H and O–H groups in total. The Morgan fingerprint density at radius 1 is 1.33 bits per heavy atom. The summed E-state index contributed by atoms with van der Waals surface area (Å²) in [5.74, 6) is 0.694. The fourth-order valence-electron chi connectivity index (χ4n) is 1.95. The minimum Gasteiger partial charge on any atom is -0.492 e. The number of pyridine rings is 1. The number of ether oxygens (including phenoxy) is 2. The summed E-state index contributed by atoms with van der Waals surface area (Å²) in [6.07, 6.45) is 2.43. The third kappa shape index (κ3) is 3.68. The summed E-state index contributed by atoms with van der Waals surface area (Å²) in [5, 5.41) is 0.915. The van der Waals surface area contributed by atoms with Crippen molar-refractivity contribution >= 4 is 28.1 Å². The molecular formula is C16H20N2O2S. The van der Waals surface area contributed by atoms with Crippen LogP contribution < -0.4 is 10.5 Å². The normalized spacial score (nSPS) is 11.6. The molecule has 1 aromatic heterocycles. The molecule has 0 aliphatic rings. The first-order chi connectivity index (χ1) is 9.94. The summed E-state index contributed by atoms with van der Waals surface area (Å²) in [6.45, 7) is 4.56. The van der Waals surface area contributed by atoms with Crippen LogP contribution in [-0.4, -0.2) is 29.3 Å². The summed E-state index contributed by atoms with van der Waals surface area (Å²) in [6, 6.07) is 7.78. The number of hydrogen-bond donors (Lipinski definition) is 1. The van der Waals surface area contributed by atoms with Crippen LogP contribution in [-0.2, 0) is 4.74 Å². The first kappa shape index (κ1) is 15.7. The van der Waals surface area contributed by atoms with E-state index < -0.39 is 0 Å². The number of nitrogens with zero attached hydrogens (tertiary/aromatic N) is 1. The van der Waals surface area contributed by atoms with Crippen molar-refractivity contribution in [2.45, 2.75) is 25.9 Å². The van der Waals surface area contributed by atoms with E-state index in [1.165, 1.54) is 0 Å². The van der Waals surface area contributed by atoms with E-state index in [2.05, 4.69) is 4.98 Å². The first-order valence-corrected chi connectivity index (χ1v) is 7.21. The van der Waals surface area contributed by atoms with Crippen LogP contribution in [0.15, 0.2) is 30.5 Å². The average molecular weight is 304 g/mol. The highest BCUT2D eigenvalue weighted by molar-refractivity contribution is 7.80. The lowest BCUT2D eigenvalue weighted by atomic mass is 10.1. The molecule has 2 aromatic rings. The van der Waals surface area contributed by atoms with E-state index in [-0.39, 0.29) is 10.6 Å². The van der Waals surface area contributed by atoms with Crippen LogP contribution in [0.1, 0.15) is 25.8 Å². The Bertz CT molecular complexity index is 656. The third-order valence-electron chi connectivity index (χ3n) is 3.49. The van der Waals surface area contributed by atoms with E-state index in [4.69, 9.17) is 27.4 Å². The van der Waals surface area contributed by atoms with Gasteiger partial charge in [-0.3, -0.25) is 4.98 Å². The Morgan fingerprint density at radius 2 is 2.05 bits per heavy atom. The SMILES string of the molecule is COC(C)(C)CCOc1c(C(N)=S)cnc2ccccc12. The van der Waals surface area contributed by atoms with Gasteiger partial charge in [-0.2, -0.15) is 0 Å². The highest BCUT2D eigenvalue weighted by Gasteiger charge is 2.18. The number of thiocarbonyl (C=S) groups is 1. The van der Waals surface area contributed by atoms with Crippen molar-refractivity contribution in [2.75, 3.05) is 13.7 Å². The van der Waals surface area contributed by atoms with Gasteiger partial charge in [-0.1, -0.05) is 24.4 Å². The zero-order valence-electron chi connectivity index (χ0n) is 12.6. The van der Waals surface area contributed by atoms with E-state index in [0.717, 1.165) is 17.3 Å². The molecule has 0 unspecified atom stereocenters. The average Bonchev–Trinajstić information content (AvgIpc) is 2.47. The van der Waals surface area contributed by atoms with Gasteiger partial charge in [-0.05, 0) is 26.0 Å². The molecule has 1 heterocycles. The highest BCUT2D eigenvalue weighted by atomic mass is 32.1. The van der Waals surface area contributed by atoms with E-state index in [1.54, 1.807) is 13.3 Å². The van der Waals surface area contributed by atoms with Gasteiger partial charge in [0.1, 0.15) is 10.7 Å². The molecule has 112 valence electrons. The summed E-state index contributed by atoms with van der Waals surface area (Å²) in [7, 11) is 1.70. The van der Waals surface area contributed by atoms with Crippen molar-refractivity contribution in [3.8, 4) is 5.75 Å². The summed E-state index contributed by atoms with van der Waals surface area (Å²) >= 11 is 5.09. The fraction of sp³-hybridized carbons (Fsp3) is 0.375. The van der Waals surface area contributed by atoms with Gasteiger partial charge in [-0.15, -0.1) is 0 Å². The molecule has 0 aliphatic carbocycles. The molecule has 2 rings (SSSR count). The van der Waals surface area contributed by atoms with Crippen molar-refractivity contribution < 1.29 is 9.47 Å². The van der Waals surface area contributed by atoms with Crippen molar-refractivity contribution in [1.29, 1.82) is 0 Å². The third-order valence-corrected chi connectivity index (χ3v) is 3.71. The maximum atomic E-state index is 5.96. The predicted octanol–water partition coefficient (Wildman–Crippen LogP) is 3.06. The topological polar surface area (TPSA) is 57.4 Å². The summed E-state index contributed by atoms with van der Waals surface area (Å²) in [4.78, 5) is 4.65. The second-order valence-electron chi connectivity index (χ2n) is 5.44. The second kappa shape index (κ2) is 6.37. The van der Waals surface area contributed by atoms with Crippen LogP contribution in [0, 0.1) is 0 Å². The number of fused-ring (bicyclic) bond motifs is 1. The number of aromatic nitrogens is 1. The Kier molecular flexibility index (Phi) is 4.75. The number of hydrogen-bond acceptors (Lipinski definition) is 4. The van der Waals surface area contributed by atoms with Crippen LogP contribution >= 0.6 is 12.2 Å². The molecule has 0 bridgehead atoms. The standard InChI is InChI=1S/C16H20N2O2S/c1-16(2,19-3)8-9-20-14-11-6-4-5-7-13(11)18-10-12(14)15(17)21/h4-7,10H,8-9H2,1-3H3,(H2,17,21). The Balaban J connectivity index is 2.32. The smallest absolute Gasteiger partial charge is 0.140 e. The monoisotopic (exact) mass is 304 g/mol. The molecule has 0 aliphatic heterocycles. The lowest BCUT2D eigenvalue weighted by Crippen LogP contribution is -2.25. The lowest BCUT2D eigenvalue weighted by molar-refractivity contribution is 0.00556. The second-order valence-corrected chi connectivity index (χ2v) is 5.88. The largest absolute Gasteiger partial charge is 0.492 e. The predicted molar refractivity (Wildman–Crippen MR) is 88.8 cm³/mol. The van der Waals surface area contributed by atoms with Crippen LogP contribution in [0.25, 0.3) is 10.9 Å². The number of nitrogens with two attached hydrogens (primary N) is 1. The quantitative estimate of drug-likeness (QED) is 0.831. The fourth-order valence-corrected chi connectivity index (χ4v) is 2.09. The molecular weight excluding hydrogens is 284 g/mol. The van der Waals surface area contributed by atoms with Crippen molar-refractivity contribution in [1.82, 2.24) is 4.98 Å². The first-order valence-electron chi connectivity index (χ1n) is 6.80. The highest BCUT2D eigenvalue weighted by Crippen LogP contribution is 2.29. The van der Waals surface area contributed by atoms with Crippen LogP contribution in [0.3, 0.4) is 0 Å². The molecule has 0 spiro atoms. The van der Waals surface area contributed by atoms with Gasteiger partial charge in [0.2, 0.25) is 0 Å². The maximum absolute atomic E-state index is 5.96. The van der Waals surface area contributed by atoms with Crippen LogP contribution in [0.4, 0.5) is 0 Å². The number of para-hydroxylation sites is 1. The van der Waals surface area contributed by atoms with E-state index in [0.29, 0.717) is 17.9 Å². The van der Waals surface area contributed by atoms with E-state index in [1.807, 2.05) is 38.1 Å².